The van der Waals surface area contributed by atoms with E-state index in [4.69, 9.17) is 15.2 Å². The van der Waals surface area contributed by atoms with Crippen molar-refractivity contribution in [3.05, 3.63) is 57.6 Å². The molecular formula is C26H27NO9. The van der Waals surface area contributed by atoms with Crippen molar-refractivity contribution in [3.8, 4) is 11.5 Å². The number of carbonyl (C=O) groups is 3. The highest BCUT2D eigenvalue weighted by Crippen LogP contribution is 2.48. The van der Waals surface area contributed by atoms with E-state index in [0.29, 0.717) is 0 Å². The molecule has 6 N–H and O–H groups in total. The first-order chi connectivity index (χ1) is 16.9. The Hall–Kier alpha value is -3.15. The van der Waals surface area contributed by atoms with Gasteiger partial charge >= 0.3 is 0 Å². The monoisotopic (exact) mass is 497 g/mol. The molecule has 0 bridgehead atoms. The smallest absolute Gasteiger partial charge is 0.198 e. The second-order valence-corrected chi connectivity index (χ2v) is 9.83. The number of nitrogens with two attached hydrogens (primary N) is 1. The summed E-state index contributed by atoms with van der Waals surface area (Å²) in [5.41, 5.74) is 3.99. The summed E-state index contributed by atoms with van der Waals surface area (Å²) < 4.78 is 11.8. The minimum absolute atomic E-state index is 0.0410. The maximum absolute atomic E-state index is 13.3. The van der Waals surface area contributed by atoms with Gasteiger partial charge in [0, 0.05) is 42.0 Å². The van der Waals surface area contributed by atoms with E-state index in [2.05, 4.69) is 0 Å². The Balaban J connectivity index is 1.63. The third kappa shape index (κ3) is 3.64. The molecule has 6 atom stereocenters. The molecule has 0 spiro atoms. The molecule has 0 aromatic heterocycles. The molecule has 2 aromatic rings. The van der Waals surface area contributed by atoms with Crippen molar-refractivity contribution < 1.29 is 44.3 Å². The van der Waals surface area contributed by atoms with Crippen molar-refractivity contribution in [3.63, 3.8) is 0 Å². The van der Waals surface area contributed by atoms with Crippen molar-refractivity contribution >= 4 is 17.3 Å². The fourth-order valence-corrected chi connectivity index (χ4v) is 5.43. The average Bonchev–Trinajstić information content (AvgIpc) is 2.80. The topological polar surface area (TPSA) is 177 Å². The number of hydrogen-bond donors (Lipinski definition) is 5. The molecule has 2 aliphatic carbocycles. The van der Waals surface area contributed by atoms with Crippen molar-refractivity contribution in [2.24, 2.45) is 5.73 Å². The number of hydrogen-bond acceptors (Lipinski definition) is 10. The quantitative estimate of drug-likeness (QED) is 0.351. The van der Waals surface area contributed by atoms with Gasteiger partial charge in [-0.1, -0.05) is 12.1 Å². The predicted octanol–water partition coefficient (Wildman–Crippen LogP) is 1.02. The van der Waals surface area contributed by atoms with Gasteiger partial charge in [0.25, 0.3) is 0 Å². The van der Waals surface area contributed by atoms with Crippen LogP contribution < -0.4 is 5.73 Å². The Morgan fingerprint density at radius 1 is 1.17 bits per heavy atom. The van der Waals surface area contributed by atoms with Crippen LogP contribution in [0.5, 0.6) is 11.5 Å². The molecule has 10 heteroatoms. The van der Waals surface area contributed by atoms with Crippen LogP contribution in [0.25, 0.3) is 0 Å². The standard InChI is InChI=1S/C26H27NO9/c1-10-22(30)15(27)7-18(35-10)36-17-9-26(34,11(2)28)8-12-6-14-21(25(33)19(12)17)23(31)13-4-3-5-16(29)20(13)24(14)32/h3-6,10,15,17-18,22,29-30,33-34H,7-9,27H2,1-2H3/t10-,15+,17?,18+,22+,26?/m1/s1. The van der Waals surface area contributed by atoms with E-state index in [9.17, 15) is 34.8 Å². The maximum Gasteiger partial charge on any atom is 0.198 e. The maximum atomic E-state index is 13.3. The van der Waals surface area contributed by atoms with Gasteiger partial charge in [-0.05, 0) is 31.5 Å². The van der Waals surface area contributed by atoms with Crippen LogP contribution in [-0.4, -0.2) is 67.9 Å². The van der Waals surface area contributed by atoms with Crippen LogP contribution in [0, 0.1) is 0 Å². The van der Waals surface area contributed by atoms with E-state index in [1.165, 1.54) is 31.2 Å². The SMILES string of the molecule is CC(=O)C1(O)Cc2cc3c(c(O)c2C(O[C@H]2C[C@H](N)[C@@H](O)[C@@H](C)O2)C1)C(=O)c1cccc(O)c1C3=O. The summed E-state index contributed by atoms with van der Waals surface area (Å²) in [7, 11) is 0. The molecule has 0 radical (unpaired) electrons. The van der Waals surface area contributed by atoms with Gasteiger partial charge in [0.05, 0.1) is 29.4 Å². The zero-order valence-electron chi connectivity index (χ0n) is 19.7. The van der Waals surface area contributed by atoms with Gasteiger partial charge in [-0.15, -0.1) is 0 Å². The van der Waals surface area contributed by atoms with Gasteiger partial charge < -0.3 is 35.6 Å². The van der Waals surface area contributed by atoms with Gasteiger partial charge in [-0.3, -0.25) is 14.4 Å². The number of aromatic hydroxyl groups is 2. The molecule has 2 aromatic carbocycles. The number of benzene rings is 2. The van der Waals surface area contributed by atoms with Crippen LogP contribution in [0.4, 0.5) is 0 Å². The molecule has 1 aliphatic heterocycles. The Bertz CT molecular complexity index is 1290. The Morgan fingerprint density at radius 3 is 2.53 bits per heavy atom. The Morgan fingerprint density at radius 2 is 1.86 bits per heavy atom. The van der Waals surface area contributed by atoms with E-state index in [0.717, 1.165) is 0 Å². The normalized spacial score (nSPS) is 31.4. The van der Waals surface area contributed by atoms with Gasteiger partial charge in [0.15, 0.2) is 23.6 Å². The molecule has 36 heavy (non-hydrogen) atoms. The highest BCUT2D eigenvalue weighted by atomic mass is 16.7. The lowest BCUT2D eigenvalue weighted by atomic mass is 9.72. The van der Waals surface area contributed by atoms with Crippen molar-refractivity contribution in [2.75, 3.05) is 0 Å². The Labute approximate surface area is 206 Å². The van der Waals surface area contributed by atoms with E-state index < -0.39 is 59.3 Å². The molecule has 0 saturated carbocycles. The molecule has 5 rings (SSSR count). The Kier molecular flexibility index (Phi) is 5.77. The number of aliphatic hydroxyl groups excluding tert-OH is 1. The molecule has 1 saturated heterocycles. The van der Waals surface area contributed by atoms with Crippen LogP contribution in [0.15, 0.2) is 24.3 Å². The summed E-state index contributed by atoms with van der Waals surface area (Å²) in [5, 5.41) is 42.8. The summed E-state index contributed by atoms with van der Waals surface area (Å²) in [4.78, 5) is 39.0. The van der Waals surface area contributed by atoms with E-state index in [-0.39, 0.29) is 58.4 Å². The molecule has 1 heterocycles. The van der Waals surface area contributed by atoms with Crippen LogP contribution in [-0.2, 0) is 20.7 Å². The highest BCUT2D eigenvalue weighted by Gasteiger charge is 2.47. The summed E-state index contributed by atoms with van der Waals surface area (Å²) in [6.07, 6.45) is -3.88. The number of aliphatic hydroxyl groups is 2. The first-order valence-electron chi connectivity index (χ1n) is 11.7. The molecule has 0 amide bonds. The fourth-order valence-electron chi connectivity index (χ4n) is 5.43. The second kappa shape index (κ2) is 8.46. The number of rotatable bonds is 3. The lowest BCUT2D eigenvalue weighted by Gasteiger charge is -2.42. The van der Waals surface area contributed by atoms with Gasteiger partial charge in [-0.25, -0.2) is 0 Å². The van der Waals surface area contributed by atoms with E-state index in [1.807, 2.05) is 0 Å². The van der Waals surface area contributed by atoms with E-state index in [1.54, 1.807) is 6.92 Å². The number of ketones is 3. The average molecular weight is 498 g/mol. The van der Waals surface area contributed by atoms with Gasteiger partial charge in [0.1, 0.15) is 17.1 Å². The molecule has 190 valence electrons. The fraction of sp³-hybridized carbons (Fsp3) is 0.423. The van der Waals surface area contributed by atoms with Gasteiger partial charge in [-0.2, -0.15) is 0 Å². The van der Waals surface area contributed by atoms with Crippen LogP contribution in [0.3, 0.4) is 0 Å². The number of Topliss-reactive ketones (excluding diaryl/α,β-unsaturated/α-hetero) is 1. The van der Waals surface area contributed by atoms with Crippen molar-refractivity contribution in [1.82, 2.24) is 0 Å². The van der Waals surface area contributed by atoms with Crippen LogP contribution >= 0.6 is 0 Å². The minimum Gasteiger partial charge on any atom is -0.507 e. The molecule has 2 unspecified atom stereocenters. The van der Waals surface area contributed by atoms with Gasteiger partial charge in [0.2, 0.25) is 0 Å². The first-order valence-corrected chi connectivity index (χ1v) is 11.7. The lowest BCUT2D eigenvalue weighted by molar-refractivity contribution is -0.247. The molecule has 3 aliphatic rings. The predicted molar refractivity (Wildman–Crippen MR) is 124 cm³/mol. The largest absolute Gasteiger partial charge is 0.507 e. The molecule has 10 nitrogen and oxygen atoms in total. The number of fused-ring (bicyclic) bond motifs is 3. The summed E-state index contributed by atoms with van der Waals surface area (Å²) in [6, 6.07) is 4.83. The highest BCUT2D eigenvalue weighted by molar-refractivity contribution is 6.30. The zero-order valence-corrected chi connectivity index (χ0v) is 19.7. The van der Waals surface area contributed by atoms with Crippen molar-refractivity contribution in [2.45, 2.75) is 69.4 Å². The number of phenolic OH excluding ortho intramolecular Hbond substituents is 2. The number of carbonyl (C=O) groups excluding carboxylic acids is 3. The van der Waals surface area contributed by atoms with Crippen LogP contribution in [0.1, 0.15) is 75.8 Å². The number of ether oxygens (including phenoxy) is 2. The summed E-state index contributed by atoms with van der Waals surface area (Å²) >= 11 is 0. The van der Waals surface area contributed by atoms with E-state index >= 15 is 0 Å². The number of phenols is 2. The summed E-state index contributed by atoms with van der Waals surface area (Å²) in [5.74, 6) is -2.69. The minimum atomic E-state index is -1.86. The zero-order chi connectivity index (χ0) is 26.1. The summed E-state index contributed by atoms with van der Waals surface area (Å²) in [6.45, 7) is 2.86. The lowest BCUT2D eigenvalue weighted by Crippen LogP contribution is -2.52. The van der Waals surface area contributed by atoms with Crippen molar-refractivity contribution in [1.29, 1.82) is 0 Å². The molecular weight excluding hydrogens is 470 g/mol. The molecule has 1 fully saturated rings. The first kappa shape index (κ1) is 24.5. The third-order valence-electron chi connectivity index (χ3n) is 7.46. The third-order valence-corrected chi connectivity index (χ3v) is 7.46. The van der Waals surface area contributed by atoms with Crippen LogP contribution in [0.2, 0.25) is 0 Å². The second-order valence-electron chi connectivity index (χ2n) is 9.83.